The SMILES string of the molecule is CCOc1ccc(Cc2cc([C@@H]3OC(=NO)[C@@H](O)[C@H](O)[C@H]3O)ccc2Cl)cc1. The molecule has 0 saturated carbocycles. The molecule has 3 rings (SSSR count). The quantitative estimate of drug-likeness (QED) is 0.447. The molecule has 2 aromatic carbocycles. The monoisotopic (exact) mass is 407 g/mol. The van der Waals surface area contributed by atoms with E-state index in [9.17, 15) is 15.3 Å². The van der Waals surface area contributed by atoms with Crippen LogP contribution in [0.1, 0.15) is 29.7 Å². The molecule has 8 heteroatoms. The van der Waals surface area contributed by atoms with E-state index < -0.39 is 30.3 Å². The number of rotatable bonds is 5. The minimum Gasteiger partial charge on any atom is -0.494 e. The zero-order chi connectivity index (χ0) is 20.3. The summed E-state index contributed by atoms with van der Waals surface area (Å²) in [5, 5.41) is 42.4. The van der Waals surface area contributed by atoms with E-state index in [4.69, 9.17) is 26.3 Å². The average molecular weight is 408 g/mol. The molecule has 150 valence electrons. The van der Waals surface area contributed by atoms with Crippen LogP contribution in [0.5, 0.6) is 5.75 Å². The molecule has 1 fully saturated rings. The van der Waals surface area contributed by atoms with Crippen molar-refractivity contribution in [3.8, 4) is 5.75 Å². The molecule has 0 bridgehead atoms. The van der Waals surface area contributed by atoms with Gasteiger partial charge in [0, 0.05) is 5.02 Å². The Morgan fingerprint density at radius 3 is 2.43 bits per heavy atom. The Labute approximate surface area is 167 Å². The van der Waals surface area contributed by atoms with Crippen molar-refractivity contribution in [1.29, 1.82) is 0 Å². The first kappa shape index (κ1) is 20.4. The fourth-order valence-electron chi connectivity index (χ4n) is 3.13. The molecule has 28 heavy (non-hydrogen) atoms. The van der Waals surface area contributed by atoms with E-state index in [2.05, 4.69) is 5.16 Å². The Morgan fingerprint density at radius 1 is 1.07 bits per heavy atom. The highest BCUT2D eigenvalue weighted by atomic mass is 35.5. The summed E-state index contributed by atoms with van der Waals surface area (Å²) in [5.74, 6) is 0.332. The lowest BCUT2D eigenvalue weighted by Gasteiger charge is -2.36. The highest BCUT2D eigenvalue weighted by Crippen LogP contribution is 2.33. The minimum absolute atomic E-state index is 0.453. The van der Waals surface area contributed by atoms with Gasteiger partial charge in [0.25, 0.3) is 5.90 Å². The van der Waals surface area contributed by atoms with Crippen molar-refractivity contribution < 1.29 is 30.0 Å². The lowest BCUT2D eigenvalue weighted by molar-refractivity contribution is -0.121. The maximum Gasteiger partial charge on any atom is 0.258 e. The maximum atomic E-state index is 10.3. The Kier molecular flexibility index (Phi) is 6.41. The molecule has 1 saturated heterocycles. The van der Waals surface area contributed by atoms with E-state index in [1.165, 1.54) is 0 Å². The van der Waals surface area contributed by atoms with Gasteiger partial charge in [0.15, 0.2) is 12.2 Å². The zero-order valence-electron chi connectivity index (χ0n) is 15.2. The summed E-state index contributed by atoms with van der Waals surface area (Å²) < 4.78 is 10.8. The Hall–Kier alpha value is -2.32. The molecule has 0 radical (unpaired) electrons. The molecule has 1 heterocycles. The lowest BCUT2D eigenvalue weighted by Crippen LogP contribution is -2.52. The predicted molar refractivity (Wildman–Crippen MR) is 103 cm³/mol. The molecular formula is C20H22ClNO6. The standard InChI is InChI=1S/C20H22ClNO6/c1-2-27-14-6-3-11(4-7-14)9-13-10-12(5-8-15(13)21)19-17(24)16(23)18(25)20(22-26)28-19/h3-8,10,16-19,23-26H,2,9H2,1H3/t16-,17-,18+,19+/m1/s1. The molecule has 4 atom stereocenters. The van der Waals surface area contributed by atoms with E-state index in [0.717, 1.165) is 16.9 Å². The summed E-state index contributed by atoms with van der Waals surface area (Å²) in [4.78, 5) is 0. The molecule has 2 aromatic rings. The first-order valence-electron chi connectivity index (χ1n) is 8.87. The molecule has 1 aliphatic heterocycles. The van der Waals surface area contributed by atoms with Gasteiger partial charge in [0.1, 0.15) is 18.0 Å². The Bertz CT molecular complexity index is 841. The third-order valence-corrected chi connectivity index (χ3v) is 4.98. The molecule has 0 aliphatic carbocycles. The van der Waals surface area contributed by atoms with Crippen LogP contribution in [0.15, 0.2) is 47.6 Å². The van der Waals surface area contributed by atoms with Crippen molar-refractivity contribution in [1.82, 2.24) is 0 Å². The second kappa shape index (κ2) is 8.79. The van der Waals surface area contributed by atoms with Gasteiger partial charge in [-0.05, 0) is 48.2 Å². The van der Waals surface area contributed by atoms with Crippen LogP contribution >= 0.6 is 11.6 Å². The largest absolute Gasteiger partial charge is 0.494 e. The van der Waals surface area contributed by atoms with E-state index in [1.54, 1.807) is 18.2 Å². The van der Waals surface area contributed by atoms with Crippen LogP contribution < -0.4 is 4.74 Å². The number of oxime groups is 1. The average Bonchev–Trinajstić information content (AvgIpc) is 2.70. The van der Waals surface area contributed by atoms with E-state index >= 15 is 0 Å². The van der Waals surface area contributed by atoms with Crippen LogP contribution in [0.3, 0.4) is 0 Å². The van der Waals surface area contributed by atoms with Crippen molar-refractivity contribution in [2.75, 3.05) is 6.61 Å². The van der Waals surface area contributed by atoms with Crippen molar-refractivity contribution in [3.63, 3.8) is 0 Å². The predicted octanol–water partition coefficient (Wildman–Crippen LogP) is 2.27. The first-order valence-corrected chi connectivity index (χ1v) is 9.25. The Balaban J connectivity index is 1.84. The molecule has 4 N–H and O–H groups in total. The summed E-state index contributed by atoms with van der Waals surface area (Å²) >= 11 is 6.33. The molecule has 0 aromatic heterocycles. The smallest absolute Gasteiger partial charge is 0.258 e. The zero-order valence-corrected chi connectivity index (χ0v) is 16.0. The summed E-state index contributed by atoms with van der Waals surface area (Å²) in [5.41, 5.74) is 2.34. The van der Waals surface area contributed by atoms with Gasteiger partial charge >= 0.3 is 0 Å². The number of benzene rings is 2. The summed E-state index contributed by atoms with van der Waals surface area (Å²) in [7, 11) is 0. The van der Waals surface area contributed by atoms with E-state index in [1.807, 2.05) is 31.2 Å². The van der Waals surface area contributed by atoms with Crippen molar-refractivity contribution in [3.05, 3.63) is 64.2 Å². The number of hydrogen-bond donors (Lipinski definition) is 4. The summed E-state index contributed by atoms with van der Waals surface area (Å²) in [6, 6.07) is 12.7. The number of aliphatic hydroxyl groups is 3. The second-order valence-electron chi connectivity index (χ2n) is 6.51. The number of halogens is 1. The molecule has 0 spiro atoms. The number of ether oxygens (including phenoxy) is 2. The highest BCUT2D eigenvalue weighted by Gasteiger charge is 2.43. The van der Waals surface area contributed by atoms with Gasteiger partial charge in [-0.3, -0.25) is 0 Å². The topological polar surface area (TPSA) is 112 Å². The number of aliphatic hydroxyl groups excluding tert-OH is 3. The Morgan fingerprint density at radius 2 is 1.79 bits per heavy atom. The maximum absolute atomic E-state index is 10.3. The van der Waals surface area contributed by atoms with Crippen LogP contribution in [0.4, 0.5) is 0 Å². The van der Waals surface area contributed by atoms with Gasteiger partial charge in [0.05, 0.1) is 6.61 Å². The van der Waals surface area contributed by atoms with Crippen molar-refractivity contribution in [2.45, 2.75) is 37.8 Å². The van der Waals surface area contributed by atoms with Gasteiger partial charge < -0.3 is 30.0 Å². The van der Waals surface area contributed by atoms with Gasteiger partial charge in [-0.15, -0.1) is 0 Å². The number of nitrogens with zero attached hydrogens (tertiary/aromatic N) is 1. The third-order valence-electron chi connectivity index (χ3n) is 4.61. The van der Waals surface area contributed by atoms with Gasteiger partial charge in [-0.2, -0.15) is 0 Å². The highest BCUT2D eigenvalue weighted by molar-refractivity contribution is 6.31. The molecule has 0 unspecified atom stereocenters. The van der Waals surface area contributed by atoms with Gasteiger partial charge in [-0.25, -0.2) is 0 Å². The minimum atomic E-state index is -1.60. The van der Waals surface area contributed by atoms with Crippen LogP contribution in [-0.4, -0.2) is 51.3 Å². The third kappa shape index (κ3) is 4.23. The van der Waals surface area contributed by atoms with Gasteiger partial charge in [-0.1, -0.05) is 41.0 Å². The van der Waals surface area contributed by atoms with Gasteiger partial charge in [0.2, 0.25) is 0 Å². The van der Waals surface area contributed by atoms with E-state index in [0.29, 0.717) is 23.6 Å². The fraction of sp³-hybridized carbons (Fsp3) is 0.350. The van der Waals surface area contributed by atoms with Crippen LogP contribution in [0, 0.1) is 0 Å². The molecule has 7 nitrogen and oxygen atoms in total. The van der Waals surface area contributed by atoms with Crippen molar-refractivity contribution >= 4 is 17.5 Å². The second-order valence-corrected chi connectivity index (χ2v) is 6.91. The lowest BCUT2D eigenvalue weighted by atomic mass is 9.92. The van der Waals surface area contributed by atoms with Crippen LogP contribution in [0.25, 0.3) is 0 Å². The number of hydrogen-bond acceptors (Lipinski definition) is 7. The molecule has 0 amide bonds. The van der Waals surface area contributed by atoms with Crippen LogP contribution in [-0.2, 0) is 11.2 Å². The summed E-state index contributed by atoms with van der Waals surface area (Å²) in [6.07, 6.45) is -5.03. The first-order chi connectivity index (χ1) is 13.4. The normalized spacial score (nSPS) is 26.1. The van der Waals surface area contributed by atoms with E-state index in [-0.39, 0.29) is 0 Å². The van der Waals surface area contributed by atoms with Crippen molar-refractivity contribution in [2.24, 2.45) is 5.16 Å². The molecular weight excluding hydrogens is 386 g/mol. The van der Waals surface area contributed by atoms with Crippen LogP contribution in [0.2, 0.25) is 5.02 Å². The molecule has 1 aliphatic rings. The summed E-state index contributed by atoms with van der Waals surface area (Å²) in [6.45, 7) is 2.51. The fourth-order valence-corrected chi connectivity index (χ4v) is 3.31.